The quantitative estimate of drug-likeness (QED) is 0.792. The van der Waals surface area contributed by atoms with Crippen LogP contribution in [-0.2, 0) is 9.84 Å². The maximum Gasteiger partial charge on any atom is 0.229 e. The van der Waals surface area contributed by atoms with Gasteiger partial charge in [0.25, 0.3) is 0 Å². The normalized spacial score (nSPS) is 24.4. The summed E-state index contributed by atoms with van der Waals surface area (Å²) >= 11 is 0. The van der Waals surface area contributed by atoms with E-state index >= 15 is 0 Å². The summed E-state index contributed by atoms with van der Waals surface area (Å²) in [7, 11) is -2.92. The molecule has 3 rings (SSSR count). The maximum absolute atomic E-state index is 11.6. The molecule has 1 aliphatic carbocycles. The third kappa shape index (κ3) is 3.03. The van der Waals surface area contributed by atoms with Crippen molar-refractivity contribution in [3.05, 3.63) is 11.7 Å². The molecule has 0 spiro atoms. The Hall–Kier alpha value is -0.950. The second-order valence-electron chi connectivity index (χ2n) is 5.70. The minimum absolute atomic E-state index is 0.123. The lowest BCUT2D eigenvalue weighted by molar-refractivity contribution is 0.255. The number of rotatable bonds is 6. The summed E-state index contributed by atoms with van der Waals surface area (Å²) in [6.07, 6.45) is 4.33. The van der Waals surface area contributed by atoms with Crippen LogP contribution in [0.3, 0.4) is 0 Å². The summed E-state index contributed by atoms with van der Waals surface area (Å²) in [5.74, 6) is 2.38. The van der Waals surface area contributed by atoms with E-state index in [0.29, 0.717) is 12.5 Å². The highest BCUT2D eigenvalue weighted by Gasteiger charge is 2.34. The van der Waals surface area contributed by atoms with Crippen LogP contribution >= 0.6 is 0 Å². The van der Waals surface area contributed by atoms with E-state index < -0.39 is 9.84 Å². The fraction of sp³-hybridized carbons (Fsp3) is 0.846. The second kappa shape index (κ2) is 5.44. The molecule has 1 saturated carbocycles. The van der Waals surface area contributed by atoms with Crippen LogP contribution in [0.25, 0.3) is 0 Å². The van der Waals surface area contributed by atoms with Crippen molar-refractivity contribution in [3.8, 4) is 0 Å². The average molecular weight is 299 g/mol. The van der Waals surface area contributed by atoms with Gasteiger partial charge in [-0.1, -0.05) is 12.1 Å². The van der Waals surface area contributed by atoms with Crippen molar-refractivity contribution in [1.29, 1.82) is 0 Å². The van der Waals surface area contributed by atoms with Gasteiger partial charge in [0, 0.05) is 18.2 Å². The zero-order valence-electron chi connectivity index (χ0n) is 11.8. The highest BCUT2D eigenvalue weighted by Crippen LogP contribution is 2.40. The Kier molecular flexibility index (Phi) is 3.81. The van der Waals surface area contributed by atoms with Gasteiger partial charge < -0.3 is 4.52 Å². The molecule has 2 aliphatic rings. The molecule has 1 aromatic rings. The lowest BCUT2D eigenvalue weighted by Gasteiger charge is -2.21. The largest absolute Gasteiger partial charge is 0.339 e. The molecule has 1 unspecified atom stereocenters. The van der Waals surface area contributed by atoms with Crippen molar-refractivity contribution in [2.45, 2.75) is 44.6 Å². The molecule has 2 fully saturated rings. The molecule has 2 heterocycles. The number of aromatic nitrogens is 2. The molecular weight excluding hydrogens is 278 g/mol. The highest BCUT2D eigenvalue weighted by atomic mass is 32.2. The first-order chi connectivity index (χ1) is 9.59. The van der Waals surface area contributed by atoms with Crippen LogP contribution in [0, 0.1) is 0 Å². The summed E-state index contributed by atoms with van der Waals surface area (Å²) in [5, 5.41) is 4.10. The summed E-state index contributed by atoms with van der Waals surface area (Å²) in [6.45, 7) is 3.17. The molecule has 6 nitrogen and oxygen atoms in total. The van der Waals surface area contributed by atoms with Crippen LogP contribution < -0.4 is 0 Å². The number of likely N-dealkylation sites (tertiary alicyclic amines) is 1. The van der Waals surface area contributed by atoms with Gasteiger partial charge in [0.15, 0.2) is 15.7 Å². The molecule has 0 bridgehead atoms. The smallest absolute Gasteiger partial charge is 0.229 e. The van der Waals surface area contributed by atoms with Gasteiger partial charge in [0.05, 0.1) is 11.8 Å². The topological polar surface area (TPSA) is 76.3 Å². The van der Waals surface area contributed by atoms with Crippen molar-refractivity contribution < 1.29 is 12.9 Å². The lowest BCUT2D eigenvalue weighted by Crippen LogP contribution is -2.30. The fourth-order valence-corrected chi connectivity index (χ4v) is 3.47. The van der Waals surface area contributed by atoms with Crippen LogP contribution in [-0.4, -0.2) is 48.1 Å². The van der Waals surface area contributed by atoms with Gasteiger partial charge >= 0.3 is 0 Å². The van der Waals surface area contributed by atoms with Gasteiger partial charge in [-0.05, 0) is 32.2 Å². The highest BCUT2D eigenvalue weighted by molar-refractivity contribution is 7.91. The minimum atomic E-state index is -2.92. The number of nitrogens with zero attached hydrogens (tertiary/aromatic N) is 3. The molecule has 20 heavy (non-hydrogen) atoms. The molecule has 1 saturated heterocycles. The minimum Gasteiger partial charge on any atom is -0.339 e. The molecule has 0 amide bonds. The van der Waals surface area contributed by atoms with E-state index in [4.69, 9.17) is 4.52 Å². The third-order valence-corrected chi connectivity index (χ3v) is 5.86. The number of hydrogen-bond donors (Lipinski definition) is 0. The molecule has 0 aromatic carbocycles. The predicted octanol–water partition coefficient (Wildman–Crippen LogP) is 1.52. The molecule has 0 N–H and O–H groups in total. The Morgan fingerprint density at radius 3 is 2.85 bits per heavy atom. The Morgan fingerprint density at radius 1 is 1.35 bits per heavy atom. The second-order valence-corrected chi connectivity index (χ2v) is 8.17. The lowest BCUT2D eigenvalue weighted by atomic mass is 10.2. The van der Waals surface area contributed by atoms with Gasteiger partial charge in [-0.15, -0.1) is 0 Å². The van der Waals surface area contributed by atoms with Crippen LogP contribution in [0.2, 0.25) is 0 Å². The summed E-state index contributed by atoms with van der Waals surface area (Å²) in [5.41, 5.74) is 0. The average Bonchev–Trinajstić information content (AvgIpc) is 3.00. The predicted molar refractivity (Wildman–Crippen MR) is 74.1 cm³/mol. The van der Waals surface area contributed by atoms with Crippen molar-refractivity contribution in [2.75, 3.05) is 24.6 Å². The van der Waals surface area contributed by atoms with Crippen LogP contribution in [0.1, 0.15) is 56.3 Å². The zero-order chi connectivity index (χ0) is 14.2. The Labute approximate surface area is 119 Å². The maximum atomic E-state index is 11.6. The molecule has 7 heteroatoms. The first-order valence-electron chi connectivity index (χ1n) is 7.37. The van der Waals surface area contributed by atoms with Crippen molar-refractivity contribution in [2.24, 2.45) is 0 Å². The van der Waals surface area contributed by atoms with Gasteiger partial charge in [0.2, 0.25) is 5.89 Å². The molecular formula is C13H21N3O3S. The first kappa shape index (κ1) is 14.0. The Bertz CT molecular complexity index is 565. The monoisotopic (exact) mass is 299 g/mol. The van der Waals surface area contributed by atoms with Crippen molar-refractivity contribution in [3.63, 3.8) is 0 Å². The molecule has 112 valence electrons. The van der Waals surface area contributed by atoms with E-state index in [9.17, 15) is 8.42 Å². The van der Waals surface area contributed by atoms with E-state index in [2.05, 4.69) is 15.0 Å². The summed E-state index contributed by atoms with van der Waals surface area (Å²) in [6, 6.07) is 0.123. The van der Waals surface area contributed by atoms with Crippen LogP contribution in [0.5, 0.6) is 0 Å². The van der Waals surface area contributed by atoms with Gasteiger partial charge in [-0.3, -0.25) is 4.90 Å². The zero-order valence-corrected chi connectivity index (χ0v) is 12.6. The summed E-state index contributed by atoms with van der Waals surface area (Å²) in [4.78, 5) is 6.68. The molecule has 1 aliphatic heterocycles. The third-order valence-electron chi connectivity index (χ3n) is 4.18. The standard InChI is InChI=1S/C13H21N3O3S/c1-2-20(17,18)9-8-16-7-3-4-11(16)12-14-13(19-15-12)10-5-6-10/h10-11H,2-9H2,1H3. The SMILES string of the molecule is CCS(=O)(=O)CCN1CCCC1c1noc(C2CC2)n1. The molecule has 1 aromatic heterocycles. The van der Waals surface area contributed by atoms with E-state index in [1.807, 2.05) is 0 Å². The van der Waals surface area contributed by atoms with Gasteiger partial charge in [-0.2, -0.15) is 4.98 Å². The Morgan fingerprint density at radius 2 is 2.15 bits per heavy atom. The van der Waals surface area contributed by atoms with Gasteiger partial charge in [0.1, 0.15) is 0 Å². The van der Waals surface area contributed by atoms with E-state index in [1.165, 1.54) is 0 Å². The van der Waals surface area contributed by atoms with E-state index in [0.717, 1.165) is 43.9 Å². The number of hydrogen-bond acceptors (Lipinski definition) is 6. The van der Waals surface area contributed by atoms with Crippen LogP contribution in [0.15, 0.2) is 4.52 Å². The van der Waals surface area contributed by atoms with E-state index in [1.54, 1.807) is 6.92 Å². The van der Waals surface area contributed by atoms with Crippen molar-refractivity contribution >= 4 is 9.84 Å². The van der Waals surface area contributed by atoms with Crippen LogP contribution in [0.4, 0.5) is 0 Å². The van der Waals surface area contributed by atoms with Gasteiger partial charge in [-0.25, -0.2) is 8.42 Å². The fourth-order valence-electron chi connectivity index (χ4n) is 2.67. The molecule has 0 radical (unpaired) electrons. The molecule has 1 atom stereocenters. The Balaban J connectivity index is 1.65. The van der Waals surface area contributed by atoms with Crippen molar-refractivity contribution in [1.82, 2.24) is 15.0 Å². The van der Waals surface area contributed by atoms with E-state index in [-0.39, 0.29) is 17.5 Å². The first-order valence-corrected chi connectivity index (χ1v) is 9.19. The summed E-state index contributed by atoms with van der Waals surface area (Å²) < 4.78 is 28.6. The number of sulfone groups is 1.